The van der Waals surface area contributed by atoms with Gasteiger partial charge in [0.2, 0.25) is 5.69 Å². The molecule has 3 aromatic rings. The van der Waals surface area contributed by atoms with Gasteiger partial charge in [0.25, 0.3) is 0 Å². The molecular weight excluding hydrogens is 687 g/mol. The number of hydrogen-bond donors (Lipinski definition) is 0. The van der Waals surface area contributed by atoms with Crippen molar-refractivity contribution in [2.75, 3.05) is 59.6 Å². The predicted octanol–water partition coefficient (Wildman–Crippen LogP) is 8.82. The Morgan fingerprint density at radius 1 is 0.782 bits per heavy atom. The largest absolute Gasteiger partial charge is 0.497 e. The van der Waals surface area contributed by atoms with Crippen molar-refractivity contribution in [2.45, 2.75) is 71.3 Å². The Hall–Kier alpha value is -4.66. The Morgan fingerprint density at radius 2 is 1.45 bits per heavy atom. The van der Waals surface area contributed by atoms with Crippen LogP contribution in [0.25, 0.3) is 0 Å². The van der Waals surface area contributed by atoms with E-state index in [2.05, 4.69) is 129 Å². The fourth-order valence-corrected chi connectivity index (χ4v) is 8.36. The maximum absolute atomic E-state index is 7.24. The highest BCUT2D eigenvalue weighted by Gasteiger charge is 2.45. The summed E-state index contributed by atoms with van der Waals surface area (Å²) in [5.74, 6) is 2.96. The van der Waals surface area contributed by atoms with Gasteiger partial charge in [-0.2, -0.15) is 4.58 Å². The lowest BCUT2D eigenvalue weighted by Crippen LogP contribution is -2.28. The maximum atomic E-state index is 7.24. The van der Waals surface area contributed by atoms with Crippen molar-refractivity contribution in [1.29, 1.82) is 0 Å². The van der Waals surface area contributed by atoms with Crippen LogP contribution in [0.4, 0.5) is 11.4 Å². The fourth-order valence-electron chi connectivity index (χ4n) is 8.36. The van der Waals surface area contributed by atoms with Crippen LogP contribution in [-0.2, 0) is 32.1 Å². The maximum Gasteiger partial charge on any atom is 0.210 e. The number of aryl methyl sites for hydroxylation is 1. The van der Waals surface area contributed by atoms with Crippen molar-refractivity contribution in [3.8, 4) is 11.5 Å². The molecule has 2 aliphatic heterocycles. The quantitative estimate of drug-likeness (QED) is 0.145. The number of methoxy groups -OCH3 is 4. The molecule has 1 unspecified atom stereocenters. The van der Waals surface area contributed by atoms with E-state index in [-0.39, 0.29) is 22.9 Å². The lowest BCUT2D eigenvalue weighted by Gasteiger charge is -2.27. The van der Waals surface area contributed by atoms with Crippen LogP contribution in [0.3, 0.4) is 0 Å². The van der Waals surface area contributed by atoms with E-state index in [0.29, 0.717) is 13.2 Å². The first-order chi connectivity index (χ1) is 26.3. The number of allylic oxidation sites excluding steroid dienone is 7. The van der Waals surface area contributed by atoms with Gasteiger partial charge in [-0.1, -0.05) is 33.8 Å². The third-order valence-corrected chi connectivity index (χ3v) is 11.6. The van der Waals surface area contributed by atoms with E-state index in [9.17, 15) is 0 Å². The van der Waals surface area contributed by atoms with Gasteiger partial charge in [0.05, 0.1) is 26.2 Å². The van der Waals surface area contributed by atoms with E-state index in [1.54, 1.807) is 28.4 Å². The molecule has 8 nitrogen and oxygen atoms in total. The number of anilines is 1. The Kier molecular flexibility index (Phi) is 12.1. The second-order valence-corrected chi connectivity index (χ2v) is 16.2. The normalized spacial score (nSPS) is 19.3. The number of ether oxygens (including phenoxy) is 5. The first kappa shape index (κ1) is 40.0. The van der Waals surface area contributed by atoms with E-state index < -0.39 is 0 Å². The average molecular weight is 748 g/mol. The number of rotatable bonds is 15. The van der Waals surface area contributed by atoms with E-state index >= 15 is 0 Å². The molecule has 0 amide bonds. The Bertz CT molecular complexity index is 2030. The molecule has 0 saturated heterocycles. The molecular formula is C47H61N3O5+2. The van der Waals surface area contributed by atoms with Gasteiger partial charge in [0.15, 0.2) is 24.7 Å². The van der Waals surface area contributed by atoms with Crippen LogP contribution in [0.15, 0.2) is 108 Å². The smallest absolute Gasteiger partial charge is 0.210 e. The van der Waals surface area contributed by atoms with Crippen LogP contribution in [0, 0.1) is 5.92 Å². The number of pyridine rings is 1. The Balaban J connectivity index is 1.46. The van der Waals surface area contributed by atoms with Gasteiger partial charge in [-0.05, 0) is 91.8 Å². The molecule has 0 N–H and O–H groups in total. The van der Waals surface area contributed by atoms with Crippen molar-refractivity contribution in [2.24, 2.45) is 13.0 Å². The van der Waals surface area contributed by atoms with Crippen molar-refractivity contribution in [3.63, 3.8) is 0 Å². The molecule has 3 aliphatic rings. The second-order valence-electron chi connectivity index (χ2n) is 16.2. The standard InChI is InChI=1S/C47H61N3O5/c1-32(2)44(35-22-24-48(7)25-23-35)55-45-33(14-20-42-46(3,4)38-30-36(53-10)16-18-40(38)49(42)26-28-51-8)12-13-34(45)15-21-43-47(5,6)39-31-37(54-11)17-19-41(39)50(43)27-29-52-9/h14-25,30-32,44H,12-13,26-29H2,1-11H3/q+2. The summed E-state index contributed by atoms with van der Waals surface area (Å²) in [7, 11) is 9.03. The van der Waals surface area contributed by atoms with Crippen LogP contribution in [0.2, 0.25) is 0 Å². The van der Waals surface area contributed by atoms with Crippen molar-refractivity contribution < 1.29 is 32.8 Å². The zero-order valence-corrected chi connectivity index (χ0v) is 34.9. The van der Waals surface area contributed by atoms with Crippen LogP contribution >= 0.6 is 0 Å². The fraction of sp³-hybridized carbons (Fsp3) is 0.447. The Morgan fingerprint density at radius 3 is 2.11 bits per heavy atom. The monoisotopic (exact) mass is 747 g/mol. The van der Waals surface area contributed by atoms with Gasteiger partial charge in [-0.15, -0.1) is 0 Å². The van der Waals surface area contributed by atoms with Gasteiger partial charge in [-0.25, -0.2) is 4.57 Å². The highest BCUT2D eigenvalue weighted by Crippen LogP contribution is 2.49. The molecule has 1 aliphatic carbocycles. The van der Waals surface area contributed by atoms with E-state index in [1.165, 1.54) is 50.6 Å². The molecule has 0 bridgehead atoms. The predicted molar refractivity (Wildman–Crippen MR) is 221 cm³/mol. The molecule has 0 spiro atoms. The summed E-state index contributed by atoms with van der Waals surface area (Å²) < 4.78 is 34.2. The molecule has 8 heteroatoms. The van der Waals surface area contributed by atoms with Gasteiger partial charge in [0, 0.05) is 73.0 Å². The number of aromatic nitrogens is 1. The van der Waals surface area contributed by atoms with Crippen LogP contribution < -0.4 is 18.9 Å². The highest BCUT2D eigenvalue weighted by atomic mass is 16.5. The van der Waals surface area contributed by atoms with E-state index in [4.69, 9.17) is 23.7 Å². The van der Waals surface area contributed by atoms with Crippen LogP contribution in [-0.4, -0.2) is 65.0 Å². The molecule has 1 aromatic heterocycles. The van der Waals surface area contributed by atoms with Gasteiger partial charge < -0.3 is 28.6 Å². The average Bonchev–Trinajstić information content (AvgIpc) is 3.73. The minimum absolute atomic E-state index is 0.114. The molecule has 0 radical (unpaired) electrons. The number of nitrogens with zero attached hydrogens (tertiary/aromatic N) is 3. The first-order valence-corrected chi connectivity index (χ1v) is 19.6. The minimum atomic E-state index is -0.241. The van der Waals surface area contributed by atoms with E-state index in [1.807, 2.05) is 19.2 Å². The first-order valence-electron chi connectivity index (χ1n) is 19.6. The van der Waals surface area contributed by atoms with Crippen molar-refractivity contribution in [3.05, 3.63) is 125 Å². The lowest BCUT2D eigenvalue weighted by molar-refractivity contribution is -0.671. The van der Waals surface area contributed by atoms with Crippen molar-refractivity contribution in [1.82, 2.24) is 0 Å². The van der Waals surface area contributed by atoms with Crippen LogP contribution in [0.1, 0.15) is 77.2 Å². The molecule has 6 rings (SSSR count). The van der Waals surface area contributed by atoms with E-state index in [0.717, 1.165) is 43.2 Å². The third kappa shape index (κ3) is 7.90. The summed E-state index contributed by atoms with van der Waals surface area (Å²) in [6, 6.07) is 17.1. The summed E-state index contributed by atoms with van der Waals surface area (Å²) >= 11 is 0. The minimum Gasteiger partial charge on any atom is -0.497 e. The second kappa shape index (κ2) is 16.6. The molecule has 0 fully saturated rings. The van der Waals surface area contributed by atoms with Gasteiger partial charge in [0.1, 0.15) is 37.0 Å². The molecule has 292 valence electrons. The summed E-state index contributed by atoms with van der Waals surface area (Å²) in [5, 5.41) is 0. The molecule has 1 atom stereocenters. The molecule has 55 heavy (non-hydrogen) atoms. The summed E-state index contributed by atoms with van der Waals surface area (Å²) in [4.78, 5) is 2.40. The number of hydrogen-bond acceptors (Lipinski definition) is 6. The summed E-state index contributed by atoms with van der Waals surface area (Å²) in [6.07, 6.45) is 15.1. The molecule has 0 saturated carbocycles. The van der Waals surface area contributed by atoms with Crippen molar-refractivity contribution >= 4 is 17.1 Å². The number of fused-ring (bicyclic) bond motifs is 2. The van der Waals surface area contributed by atoms with Crippen LogP contribution in [0.5, 0.6) is 11.5 Å². The zero-order chi connectivity index (χ0) is 39.5. The van der Waals surface area contributed by atoms with Gasteiger partial charge in [-0.3, -0.25) is 0 Å². The Labute approximate surface area is 329 Å². The molecule has 3 heterocycles. The highest BCUT2D eigenvalue weighted by molar-refractivity contribution is 6.03. The summed E-state index contributed by atoms with van der Waals surface area (Å²) in [6.45, 7) is 16.4. The summed E-state index contributed by atoms with van der Waals surface area (Å²) in [5.41, 5.74) is 10.4. The third-order valence-electron chi connectivity index (χ3n) is 11.6. The topological polar surface area (TPSA) is 56.3 Å². The van der Waals surface area contributed by atoms with Gasteiger partial charge >= 0.3 is 0 Å². The number of benzene rings is 2. The zero-order valence-electron chi connectivity index (χ0n) is 34.9. The lowest BCUT2D eigenvalue weighted by atomic mass is 9.81. The SMILES string of the molecule is COCCN1/C(=C/C=C2\CCC(/C=C/C3=[N+](CCOC)c4ccc(OC)cc4C3(C)C)=C2OC(c2cc[n+](C)cc2)C(C)C)C(C)(C)c2cc(OC)ccc21. The molecule has 2 aromatic carbocycles.